The van der Waals surface area contributed by atoms with Crippen LogP contribution in [0.4, 0.5) is 4.79 Å². The van der Waals surface area contributed by atoms with Crippen LogP contribution in [0.3, 0.4) is 0 Å². The molecular weight excluding hydrogens is 358 g/mol. The molecule has 1 aliphatic rings. The Morgan fingerprint density at radius 2 is 1.69 bits per heavy atom. The van der Waals surface area contributed by atoms with Gasteiger partial charge in [-0.1, -0.05) is 85.2 Å². The summed E-state index contributed by atoms with van der Waals surface area (Å²) >= 11 is 0. The Morgan fingerprint density at radius 3 is 2.38 bits per heavy atom. The third-order valence-corrected chi connectivity index (χ3v) is 5.02. The molecule has 0 aliphatic heterocycles. The first-order valence-corrected chi connectivity index (χ1v) is 9.56. The van der Waals surface area contributed by atoms with E-state index in [9.17, 15) is 4.79 Å². The van der Waals surface area contributed by atoms with Gasteiger partial charge in [0.25, 0.3) is 0 Å². The molecule has 1 amide bonds. The Hall–Kier alpha value is -3.77. The highest BCUT2D eigenvalue weighted by molar-refractivity contribution is 5.79. The fraction of sp³-hybridized carbons (Fsp3) is 0.115. The predicted octanol–water partition coefficient (Wildman–Crippen LogP) is 5.22. The molecule has 4 rings (SSSR count). The second-order valence-electron chi connectivity index (χ2n) is 6.81. The summed E-state index contributed by atoms with van der Waals surface area (Å²) in [5, 5.41) is 2.70. The first-order valence-electron chi connectivity index (χ1n) is 9.56. The second kappa shape index (κ2) is 8.50. The predicted molar refractivity (Wildman–Crippen MR) is 116 cm³/mol. The van der Waals surface area contributed by atoms with E-state index in [4.69, 9.17) is 4.74 Å². The van der Waals surface area contributed by atoms with Crippen LogP contribution in [0.5, 0.6) is 0 Å². The van der Waals surface area contributed by atoms with Crippen LogP contribution in [-0.2, 0) is 4.74 Å². The summed E-state index contributed by atoms with van der Waals surface area (Å²) in [7, 11) is 0. The average Bonchev–Trinajstić information content (AvgIpc) is 3.09. The Kier molecular flexibility index (Phi) is 5.45. The van der Waals surface area contributed by atoms with E-state index in [2.05, 4.69) is 48.0 Å². The van der Waals surface area contributed by atoms with Gasteiger partial charge in [0, 0.05) is 11.5 Å². The molecule has 3 aromatic carbocycles. The zero-order valence-electron chi connectivity index (χ0n) is 16.0. The summed E-state index contributed by atoms with van der Waals surface area (Å²) < 4.78 is 5.50. The molecule has 1 N–H and O–H groups in total. The van der Waals surface area contributed by atoms with E-state index in [0.29, 0.717) is 6.61 Å². The van der Waals surface area contributed by atoms with Gasteiger partial charge in [-0.3, -0.25) is 0 Å². The van der Waals surface area contributed by atoms with Crippen molar-refractivity contribution >= 4 is 12.2 Å². The molecule has 3 heteroatoms. The quantitative estimate of drug-likeness (QED) is 0.631. The van der Waals surface area contributed by atoms with Crippen molar-refractivity contribution in [2.75, 3.05) is 13.2 Å². The van der Waals surface area contributed by atoms with Gasteiger partial charge in [0.2, 0.25) is 0 Å². The zero-order chi connectivity index (χ0) is 20.1. The Balaban J connectivity index is 1.35. The minimum atomic E-state index is -0.457. The van der Waals surface area contributed by atoms with Gasteiger partial charge in [0.05, 0.1) is 6.54 Å². The smallest absolute Gasteiger partial charge is 0.407 e. The maximum atomic E-state index is 12.1. The Morgan fingerprint density at radius 1 is 1.00 bits per heavy atom. The highest BCUT2D eigenvalue weighted by Gasteiger charge is 2.28. The molecule has 3 aromatic rings. The maximum Gasteiger partial charge on any atom is 0.407 e. The lowest BCUT2D eigenvalue weighted by Gasteiger charge is -2.14. The number of amides is 1. The van der Waals surface area contributed by atoms with Crippen LogP contribution in [0.25, 0.3) is 17.2 Å². The first-order chi connectivity index (χ1) is 14.3. The number of benzene rings is 3. The van der Waals surface area contributed by atoms with Gasteiger partial charge in [-0.05, 0) is 39.9 Å². The number of carbonyl (C=O) groups is 1. The Labute approximate surface area is 171 Å². The molecular formula is C26H21NO2. The molecule has 0 spiro atoms. The molecule has 29 heavy (non-hydrogen) atoms. The van der Waals surface area contributed by atoms with Gasteiger partial charge in [-0.25, -0.2) is 4.79 Å². The van der Waals surface area contributed by atoms with E-state index in [0.717, 1.165) is 11.1 Å². The maximum absolute atomic E-state index is 12.1. The van der Waals surface area contributed by atoms with Gasteiger partial charge in [0.1, 0.15) is 6.61 Å². The van der Waals surface area contributed by atoms with Crippen LogP contribution in [0.1, 0.15) is 28.2 Å². The lowest BCUT2D eigenvalue weighted by atomic mass is 9.98. The van der Waals surface area contributed by atoms with Gasteiger partial charge in [-0.15, -0.1) is 0 Å². The van der Waals surface area contributed by atoms with E-state index in [1.807, 2.05) is 48.5 Å². The van der Waals surface area contributed by atoms with Crippen molar-refractivity contribution in [3.63, 3.8) is 0 Å². The van der Waals surface area contributed by atoms with Gasteiger partial charge >= 0.3 is 6.09 Å². The number of ether oxygens (including phenoxy) is 1. The Bertz CT molecular complexity index is 1080. The molecule has 0 heterocycles. The minimum Gasteiger partial charge on any atom is -0.449 e. The molecule has 0 atom stereocenters. The minimum absolute atomic E-state index is 0.0564. The van der Waals surface area contributed by atoms with Crippen molar-refractivity contribution in [3.05, 3.63) is 102 Å². The molecule has 0 unspecified atom stereocenters. The number of alkyl carbamates (subject to hydrolysis) is 1. The summed E-state index contributed by atoms with van der Waals surface area (Å²) in [5.41, 5.74) is 6.72. The number of rotatable bonds is 4. The fourth-order valence-corrected chi connectivity index (χ4v) is 3.66. The van der Waals surface area contributed by atoms with Crippen LogP contribution in [0.15, 0.2) is 79.4 Å². The van der Waals surface area contributed by atoms with Crippen LogP contribution < -0.4 is 5.32 Å². The van der Waals surface area contributed by atoms with E-state index in [-0.39, 0.29) is 12.5 Å². The molecule has 0 bridgehead atoms. The van der Waals surface area contributed by atoms with Crippen LogP contribution in [-0.4, -0.2) is 19.2 Å². The lowest BCUT2D eigenvalue weighted by Crippen LogP contribution is -2.26. The number of nitrogens with one attached hydrogen (secondary N) is 1. The summed E-state index contributed by atoms with van der Waals surface area (Å²) in [6.45, 7) is 4.28. The van der Waals surface area contributed by atoms with Crippen molar-refractivity contribution in [3.8, 4) is 23.0 Å². The molecule has 3 nitrogen and oxygen atoms in total. The third kappa shape index (κ3) is 4.07. The normalized spacial score (nSPS) is 11.6. The summed E-state index contributed by atoms with van der Waals surface area (Å²) in [4.78, 5) is 12.1. The van der Waals surface area contributed by atoms with Crippen LogP contribution in [0, 0.1) is 11.8 Å². The van der Waals surface area contributed by atoms with Crippen LogP contribution in [0.2, 0.25) is 0 Å². The molecule has 0 radical (unpaired) electrons. The van der Waals surface area contributed by atoms with Crippen molar-refractivity contribution in [2.24, 2.45) is 0 Å². The highest BCUT2D eigenvalue weighted by atomic mass is 16.5. The first kappa shape index (κ1) is 18.6. The monoisotopic (exact) mass is 379 g/mol. The standard InChI is InChI=1S/C26H21NO2/c1-2-19-9-7-10-20(17-19)11-8-16-27-26(28)29-18-25-23-14-5-3-12-21(23)22-13-4-6-15-24(22)25/h2-7,9-10,12-15,17,25H,1,16,18H2,(H,27,28). The molecule has 0 aromatic heterocycles. The average molecular weight is 379 g/mol. The number of fused-ring (bicyclic) bond motifs is 3. The summed E-state index contributed by atoms with van der Waals surface area (Å²) in [5.74, 6) is 6.03. The highest BCUT2D eigenvalue weighted by Crippen LogP contribution is 2.44. The topological polar surface area (TPSA) is 38.3 Å². The van der Waals surface area contributed by atoms with Gasteiger partial charge < -0.3 is 10.1 Å². The van der Waals surface area contributed by atoms with E-state index in [1.165, 1.54) is 22.3 Å². The molecule has 1 aliphatic carbocycles. The van der Waals surface area contributed by atoms with Crippen molar-refractivity contribution in [1.82, 2.24) is 5.32 Å². The van der Waals surface area contributed by atoms with E-state index < -0.39 is 6.09 Å². The van der Waals surface area contributed by atoms with Gasteiger partial charge in [-0.2, -0.15) is 0 Å². The van der Waals surface area contributed by atoms with E-state index >= 15 is 0 Å². The van der Waals surface area contributed by atoms with Crippen molar-refractivity contribution in [1.29, 1.82) is 0 Å². The van der Waals surface area contributed by atoms with Gasteiger partial charge in [0.15, 0.2) is 0 Å². The number of hydrogen-bond donors (Lipinski definition) is 1. The van der Waals surface area contributed by atoms with Crippen LogP contribution >= 0.6 is 0 Å². The molecule has 142 valence electrons. The summed E-state index contributed by atoms with van der Waals surface area (Å²) in [6, 6.07) is 24.3. The molecule has 0 fully saturated rings. The fourth-order valence-electron chi connectivity index (χ4n) is 3.66. The second-order valence-corrected chi connectivity index (χ2v) is 6.81. The largest absolute Gasteiger partial charge is 0.449 e. The number of hydrogen-bond acceptors (Lipinski definition) is 2. The number of carbonyl (C=O) groups excluding carboxylic acids is 1. The SMILES string of the molecule is C=Cc1cccc(C#CCNC(=O)OCC2c3ccccc3-c3ccccc32)c1. The molecule has 0 saturated carbocycles. The van der Waals surface area contributed by atoms with E-state index in [1.54, 1.807) is 6.08 Å². The zero-order valence-corrected chi connectivity index (χ0v) is 16.0. The van der Waals surface area contributed by atoms with Crippen molar-refractivity contribution < 1.29 is 9.53 Å². The summed E-state index contributed by atoms with van der Waals surface area (Å²) in [6.07, 6.45) is 1.32. The third-order valence-electron chi connectivity index (χ3n) is 5.02. The van der Waals surface area contributed by atoms with Crippen molar-refractivity contribution in [2.45, 2.75) is 5.92 Å². The molecule has 0 saturated heterocycles. The lowest BCUT2D eigenvalue weighted by molar-refractivity contribution is 0.144.